The number of aromatic nitrogens is 1. The molecule has 104 valence electrons. The number of hydrogen-bond donors (Lipinski definition) is 2. The molecule has 2 aromatic rings. The highest BCUT2D eigenvalue weighted by molar-refractivity contribution is 5.98. The van der Waals surface area contributed by atoms with E-state index in [-0.39, 0.29) is 23.2 Å². The van der Waals surface area contributed by atoms with Crippen molar-refractivity contribution in [2.45, 2.75) is 19.4 Å². The summed E-state index contributed by atoms with van der Waals surface area (Å²) in [6.07, 6.45) is 1.88. The van der Waals surface area contributed by atoms with Crippen molar-refractivity contribution in [3.63, 3.8) is 0 Å². The molecule has 0 saturated heterocycles. The average molecular weight is 277 g/mol. The van der Waals surface area contributed by atoms with Gasteiger partial charge in [0.1, 0.15) is 5.82 Å². The lowest BCUT2D eigenvalue weighted by Gasteiger charge is -2.13. The molecule has 0 radical (unpaired) electrons. The van der Waals surface area contributed by atoms with Gasteiger partial charge in [-0.05, 0) is 37.0 Å². The van der Waals surface area contributed by atoms with Crippen molar-refractivity contribution in [2.24, 2.45) is 5.92 Å². The Hall–Kier alpha value is -2.37. The number of carboxylic acid groups (broad SMARTS) is 1. The van der Waals surface area contributed by atoms with E-state index in [1.807, 2.05) is 0 Å². The second-order valence-electron chi connectivity index (χ2n) is 5.05. The standard InChI is InChI=1S/C14H12FNO4/c15-8-3-4-9-10(5-8)12(17)11(14(19)20)16(13(9)18)6-7-1-2-7/h3-5,7,17H,1-2,6H2,(H,19,20). The van der Waals surface area contributed by atoms with Crippen molar-refractivity contribution in [2.75, 3.05) is 0 Å². The molecule has 0 bridgehead atoms. The smallest absolute Gasteiger partial charge is 0.356 e. The summed E-state index contributed by atoms with van der Waals surface area (Å²) in [7, 11) is 0. The van der Waals surface area contributed by atoms with E-state index in [9.17, 15) is 24.2 Å². The van der Waals surface area contributed by atoms with Crippen molar-refractivity contribution in [3.05, 3.63) is 40.1 Å². The number of aromatic carboxylic acids is 1. The topological polar surface area (TPSA) is 79.5 Å². The highest BCUT2D eigenvalue weighted by Gasteiger charge is 2.28. The molecule has 1 fully saturated rings. The van der Waals surface area contributed by atoms with Crippen LogP contribution in [0.4, 0.5) is 4.39 Å². The van der Waals surface area contributed by atoms with Crippen LogP contribution >= 0.6 is 0 Å². The molecule has 20 heavy (non-hydrogen) atoms. The molecule has 2 N–H and O–H groups in total. The normalized spacial score (nSPS) is 14.7. The summed E-state index contributed by atoms with van der Waals surface area (Å²) in [5.74, 6) is -2.33. The zero-order valence-corrected chi connectivity index (χ0v) is 10.5. The van der Waals surface area contributed by atoms with E-state index in [4.69, 9.17) is 0 Å². The third-order valence-electron chi connectivity index (χ3n) is 3.55. The van der Waals surface area contributed by atoms with Gasteiger partial charge in [0.25, 0.3) is 5.56 Å². The van der Waals surface area contributed by atoms with Crippen LogP contribution in [-0.4, -0.2) is 20.7 Å². The van der Waals surface area contributed by atoms with Gasteiger partial charge < -0.3 is 10.2 Å². The molecule has 0 atom stereocenters. The molecular formula is C14H12FNO4. The summed E-state index contributed by atoms with van der Waals surface area (Å²) in [4.78, 5) is 23.7. The molecule has 1 aromatic heterocycles. The molecule has 1 aromatic carbocycles. The Morgan fingerprint density at radius 2 is 2.05 bits per heavy atom. The summed E-state index contributed by atoms with van der Waals surface area (Å²) >= 11 is 0. The molecule has 0 spiro atoms. The van der Waals surface area contributed by atoms with Crippen molar-refractivity contribution >= 4 is 16.7 Å². The molecule has 1 aliphatic carbocycles. The number of halogens is 1. The maximum atomic E-state index is 13.2. The summed E-state index contributed by atoms with van der Waals surface area (Å²) in [6.45, 7) is 0.265. The fourth-order valence-corrected chi connectivity index (χ4v) is 2.35. The van der Waals surface area contributed by atoms with E-state index in [1.54, 1.807) is 0 Å². The third-order valence-corrected chi connectivity index (χ3v) is 3.55. The van der Waals surface area contributed by atoms with Crippen molar-refractivity contribution in [1.29, 1.82) is 0 Å². The van der Waals surface area contributed by atoms with Crippen LogP contribution in [-0.2, 0) is 6.54 Å². The van der Waals surface area contributed by atoms with Gasteiger partial charge in [-0.3, -0.25) is 9.36 Å². The Bertz CT molecular complexity index is 777. The van der Waals surface area contributed by atoms with Crippen molar-refractivity contribution < 1.29 is 19.4 Å². The number of nitrogens with zero attached hydrogens (tertiary/aromatic N) is 1. The maximum absolute atomic E-state index is 13.2. The highest BCUT2D eigenvalue weighted by Crippen LogP contribution is 2.33. The predicted octanol–water partition coefficient (Wildman–Crippen LogP) is 1.95. The van der Waals surface area contributed by atoms with Gasteiger partial charge in [-0.25, -0.2) is 9.18 Å². The molecule has 0 amide bonds. The molecule has 1 saturated carbocycles. The molecule has 5 nitrogen and oxygen atoms in total. The van der Waals surface area contributed by atoms with Gasteiger partial charge in [0.2, 0.25) is 0 Å². The Kier molecular flexibility index (Phi) is 2.74. The number of fused-ring (bicyclic) bond motifs is 1. The monoisotopic (exact) mass is 277 g/mol. The van der Waals surface area contributed by atoms with E-state index < -0.39 is 28.8 Å². The number of benzene rings is 1. The third kappa shape index (κ3) is 1.93. The zero-order valence-electron chi connectivity index (χ0n) is 10.5. The molecule has 0 unspecified atom stereocenters. The fraction of sp³-hybridized carbons (Fsp3) is 0.286. The Balaban J connectivity index is 2.37. The fourth-order valence-electron chi connectivity index (χ4n) is 2.35. The number of rotatable bonds is 3. The van der Waals surface area contributed by atoms with Crippen LogP contribution in [0.2, 0.25) is 0 Å². The zero-order chi connectivity index (χ0) is 14.4. The first-order valence-corrected chi connectivity index (χ1v) is 6.27. The molecule has 1 heterocycles. The predicted molar refractivity (Wildman–Crippen MR) is 69.5 cm³/mol. The van der Waals surface area contributed by atoms with Gasteiger partial charge in [0.15, 0.2) is 11.4 Å². The van der Waals surface area contributed by atoms with Gasteiger partial charge in [0.05, 0.1) is 5.39 Å². The van der Waals surface area contributed by atoms with Crippen LogP contribution in [0.3, 0.4) is 0 Å². The van der Waals surface area contributed by atoms with Crippen LogP contribution in [0.15, 0.2) is 23.0 Å². The minimum absolute atomic E-state index is 0.0700. The van der Waals surface area contributed by atoms with Gasteiger partial charge in [0, 0.05) is 11.9 Å². The quantitative estimate of drug-likeness (QED) is 0.898. The van der Waals surface area contributed by atoms with Gasteiger partial charge in [-0.1, -0.05) is 0 Å². The molecule has 1 aliphatic rings. The Labute approximate surface area is 112 Å². The summed E-state index contributed by atoms with van der Waals surface area (Å²) < 4.78 is 14.3. The van der Waals surface area contributed by atoms with E-state index >= 15 is 0 Å². The molecule has 0 aliphatic heterocycles. The van der Waals surface area contributed by atoms with Gasteiger partial charge >= 0.3 is 5.97 Å². The van der Waals surface area contributed by atoms with Crippen LogP contribution in [0, 0.1) is 11.7 Å². The summed E-state index contributed by atoms with van der Waals surface area (Å²) in [5.41, 5.74) is -0.984. The number of hydrogen-bond acceptors (Lipinski definition) is 3. The number of carboxylic acids is 1. The number of carbonyl (C=O) groups is 1. The maximum Gasteiger partial charge on any atom is 0.356 e. The minimum atomic E-state index is -1.40. The number of aromatic hydroxyl groups is 1. The van der Waals surface area contributed by atoms with Gasteiger partial charge in [-0.15, -0.1) is 0 Å². The van der Waals surface area contributed by atoms with Crippen molar-refractivity contribution in [1.82, 2.24) is 4.57 Å². The summed E-state index contributed by atoms with van der Waals surface area (Å²) in [5, 5.41) is 19.3. The van der Waals surface area contributed by atoms with E-state index in [1.165, 1.54) is 6.07 Å². The first-order chi connectivity index (χ1) is 9.49. The minimum Gasteiger partial charge on any atom is -0.505 e. The lowest BCUT2D eigenvalue weighted by atomic mass is 10.1. The van der Waals surface area contributed by atoms with E-state index in [0.29, 0.717) is 0 Å². The van der Waals surface area contributed by atoms with E-state index in [2.05, 4.69) is 0 Å². The average Bonchev–Trinajstić information content (AvgIpc) is 3.19. The molecule has 3 rings (SSSR count). The summed E-state index contributed by atoms with van der Waals surface area (Å²) in [6, 6.07) is 3.35. The Morgan fingerprint density at radius 1 is 1.35 bits per heavy atom. The molecule has 6 heteroatoms. The largest absolute Gasteiger partial charge is 0.505 e. The second kappa shape index (κ2) is 4.33. The van der Waals surface area contributed by atoms with E-state index in [0.717, 1.165) is 29.5 Å². The van der Waals surface area contributed by atoms with Crippen LogP contribution < -0.4 is 5.56 Å². The first kappa shape index (κ1) is 12.7. The van der Waals surface area contributed by atoms with Crippen LogP contribution in [0.5, 0.6) is 5.75 Å². The second-order valence-corrected chi connectivity index (χ2v) is 5.05. The van der Waals surface area contributed by atoms with Crippen LogP contribution in [0.1, 0.15) is 23.3 Å². The Morgan fingerprint density at radius 3 is 2.65 bits per heavy atom. The van der Waals surface area contributed by atoms with Crippen LogP contribution in [0.25, 0.3) is 10.8 Å². The lowest BCUT2D eigenvalue weighted by molar-refractivity contribution is 0.0679. The SMILES string of the molecule is O=C(O)c1c(O)c2cc(F)ccc2c(=O)n1CC1CC1. The lowest BCUT2D eigenvalue weighted by Crippen LogP contribution is -2.27. The first-order valence-electron chi connectivity index (χ1n) is 6.27. The number of pyridine rings is 1. The highest BCUT2D eigenvalue weighted by atomic mass is 19.1. The van der Waals surface area contributed by atoms with Gasteiger partial charge in [-0.2, -0.15) is 0 Å². The molecular weight excluding hydrogens is 265 g/mol. The van der Waals surface area contributed by atoms with Crippen molar-refractivity contribution in [3.8, 4) is 5.75 Å².